The lowest BCUT2D eigenvalue weighted by molar-refractivity contribution is 0.0642. The molecule has 0 saturated carbocycles. The molecule has 2 atom stereocenters. The first-order chi connectivity index (χ1) is 9.56. The van der Waals surface area contributed by atoms with E-state index in [9.17, 15) is 8.78 Å². The van der Waals surface area contributed by atoms with Crippen molar-refractivity contribution in [3.05, 3.63) is 35.4 Å². The number of hydrogen-bond donors (Lipinski definition) is 1. The molecule has 1 aliphatic rings. The third-order valence-electron chi connectivity index (χ3n) is 4.27. The first kappa shape index (κ1) is 15.4. The topological polar surface area (TPSA) is 32.5 Å². The number of benzene rings is 1. The fraction of sp³-hybridized carbons (Fsp3) is 0.600. The Labute approximate surface area is 119 Å². The van der Waals surface area contributed by atoms with Crippen molar-refractivity contribution in [1.29, 1.82) is 0 Å². The molecule has 112 valence electrons. The minimum absolute atomic E-state index is 0.0483. The highest BCUT2D eigenvalue weighted by molar-refractivity contribution is 5.22. The lowest BCUT2D eigenvalue weighted by Gasteiger charge is -2.42. The summed E-state index contributed by atoms with van der Waals surface area (Å²) in [5, 5.41) is 0. The van der Waals surface area contributed by atoms with Crippen LogP contribution in [0.25, 0.3) is 0 Å². The van der Waals surface area contributed by atoms with Gasteiger partial charge in [0.1, 0.15) is 0 Å². The molecule has 20 heavy (non-hydrogen) atoms. The van der Waals surface area contributed by atoms with Gasteiger partial charge in [-0.05, 0) is 31.2 Å². The Bertz CT molecular complexity index is 453. The molecular formula is C15H23F2N3. The third-order valence-corrected chi connectivity index (χ3v) is 4.27. The lowest BCUT2D eigenvalue weighted by Crippen LogP contribution is -2.53. The van der Waals surface area contributed by atoms with E-state index in [1.165, 1.54) is 12.1 Å². The monoisotopic (exact) mass is 283 g/mol. The summed E-state index contributed by atoms with van der Waals surface area (Å²) in [6.45, 7) is 5.35. The molecule has 1 aromatic rings. The van der Waals surface area contributed by atoms with Crippen molar-refractivity contribution in [3.63, 3.8) is 0 Å². The van der Waals surface area contributed by atoms with Gasteiger partial charge in [0, 0.05) is 38.3 Å². The van der Waals surface area contributed by atoms with Gasteiger partial charge in [-0.25, -0.2) is 8.78 Å². The van der Waals surface area contributed by atoms with Crippen LogP contribution in [0.1, 0.15) is 24.9 Å². The Hall–Kier alpha value is -1.04. The number of nitrogens with two attached hydrogens (primary N) is 1. The van der Waals surface area contributed by atoms with Gasteiger partial charge >= 0.3 is 0 Å². The van der Waals surface area contributed by atoms with Gasteiger partial charge in [-0.3, -0.25) is 4.90 Å². The van der Waals surface area contributed by atoms with Crippen LogP contribution in [0.2, 0.25) is 0 Å². The van der Waals surface area contributed by atoms with Gasteiger partial charge in [0.05, 0.1) is 0 Å². The first-order valence-corrected chi connectivity index (χ1v) is 7.16. The first-order valence-electron chi connectivity index (χ1n) is 7.16. The van der Waals surface area contributed by atoms with Crippen LogP contribution in [0.15, 0.2) is 18.2 Å². The maximum atomic E-state index is 13.4. The number of piperazine rings is 1. The van der Waals surface area contributed by atoms with Crippen molar-refractivity contribution < 1.29 is 8.78 Å². The van der Waals surface area contributed by atoms with E-state index in [1.54, 1.807) is 6.07 Å². The Morgan fingerprint density at radius 2 is 2.05 bits per heavy atom. The predicted octanol–water partition coefficient (Wildman–Crippen LogP) is 1.99. The summed E-state index contributed by atoms with van der Waals surface area (Å²) in [4.78, 5) is 4.62. The molecule has 5 heteroatoms. The van der Waals surface area contributed by atoms with Crippen LogP contribution in [0.5, 0.6) is 0 Å². The SMILES string of the molecule is CCC1CN(C(CN)c2ccc(F)c(F)c2)CCN1C. The summed E-state index contributed by atoms with van der Waals surface area (Å²) in [5.74, 6) is -1.61. The van der Waals surface area contributed by atoms with Crippen LogP contribution in [-0.2, 0) is 0 Å². The van der Waals surface area contributed by atoms with E-state index in [2.05, 4.69) is 23.8 Å². The average Bonchev–Trinajstić information content (AvgIpc) is 2.45. The number of halogens is 2. The van der Waals surface area contributed by atoms with Crippen molar-refractivity contribution in [3.8, 4) is 0 Å². The zero-order chi connectivity index (χ0) is 14.7. The molecule has 2 rings (SSSR count). The highest BCUT2D eigenvalue weighted by Gasteiger charge is 2.28. The molecule has 1 aliphatic heterocycles. The molecule has 3 nitrogen and oxygen atoms in total. The summed E-state index contributed by atoms with van der Waals surface area (Å²) >= 11 is 0. The summed E-state index contributed by atoms with van der Waals surface area (Å²) in [6.07, 6.45) is 1.07. The molecule has 0 amide bonds. The standard InChI is InChI=1S/C15H23F2N3/c1-3-12-10-20(7-6-19(12)2)15(9-18)11-4-5-13(16)14(17)8-11/h4-5,8,12,15H,3,6-7,9-10,18H2,1-2H3. The van der Waals surface area contributed by atoms with Crippen molar-refractivity contribution in [2.45, 2.75) is 25.4 Å². The summed E-state index contributed by atoms with van der Waals surface area (Å²) in [5.41, 5.74) is 6.63. The predicted molar refractivity (Wildman–Crippen MR) is 76.4 cm³/mol. The average molecular weight is 283 g/mol. The van der Waals surface area contributed by atoms with E-state index in [0.717, 1.165) is 31.6 Å². The molecule has 1 saturated heterocycles. The molecule has 0 spiro atoms. The number of hydrogen-bond acceptors (Lipinski definition) is 3. The minimum atomic E-state index is -0.811. The molecule has 1 aromatic carbocycles. The second-order valence-corrected chi connectivity index (χ2v) is 5.46. The largest absolute Gasteiger partial charge is 0.329 e. The molecule has 0 aliphatic carbocycles. The van der Waals surface area contributed by atoms with Gasteiger partial charge in [0.2, 0.25) is 0 Å². The van der Waals surface area contributed by atoms with Crippen LogP contribution in [0.4, 0.5) is 8.78 Å². The van der Waals surface area contributed by atoms with E-state index >= 15 is 0 Å². The normalized spacial score (nSPS) is 22.9. The second-order valence-electron chi connectivity index (χ2n) is 5.46. The fourth-order valence-electron chi connectivity index (χ4n) is 2.91. The van der Waals surface area contributed by atoms with E-state index in [0.29, 0.717) is 12.6 Å². The number of nitrogens with zero attached hydrogens (tertiary/aromatic N) is 2. The Kier molecular flexibility index (Phi) is 5.07. The molecule has 2 unspecified atom stereocenters. The van der Waals surface area contributed by atoms with Crippen LogP contribution in [-0.4, -0.2) is 49.1 Å². The molecular weight excluding hydrogens is 260 g/mol. The van der Waals surface area contributed by atoms with Crippen molar-refractivity contribution in [2.24, 2.45) is 5.73 Å². The van der Waals surface area contributed by atoms with Gasteiger partial charge in [-0.15, -0.1) is 0 Å². The summed E-state index contributed by atoms with van der Waals surface area (Å²) < 4.78 is 26.5. The zero-order valence-corrected chi connectivity index (χ0v) is 12.1. The molecule has 1 heterocycles. The minimum Gasteiger partial charge on any atom is -0.329 e. The number of rotatable bonds is 4. The van der Waals surface area contributed by atoms with E-state index in [4.69, 9.17) is 5.73 Å². The molecule has 1 fully saturated rings. The van der Waals surface area contributed by atoms with E-state index < -0.39 is 11.6 Å². The van der Waals surface area contributed by atoms with Crippen LogP contribution >= 0.6 is 0 Å². The summed E-state index contributed by atoms with van der Waals surface area (Å²) in [7, 11) is 2.13. The fourth-order valence-corrected chi connectivity index (χ4v) is 2.91. The molecule has 2 N–H and O–H groups in total. The second kappa shape index (κ2) is 6.61. The lowest BCUT2D eigenvalue weighted by atomic mass is 10.0. The van der Waals surface area contributed by atoms with Gasteiger partial charge in [0.25, 0.3) is 0 Å². The Morgan fingerprint density at radius 1 is 1.30 bits per heavy atom. The number of likely N-dealkylation sites (N-methyl/N-ethyl adjacent to an activating group) is 1. The summed E-state index contributed by atoms with van der Waals surface area (Å²) in [6, 6.07) is 4.53. The van der Waals surface area contributed by atoms with Crippen LogP contribution in [0, 0.1) is 11.6 Å². The highest BCUT2D eigenvalue weighted by atomic mass is 19.2. The van der Waals surface area contributed by atoms with Crippen molar-refractivity contribution >= 4 is 0 Å². The van der Waals surface area contributed by atoms with Gasteiger partial charge in [0.15, 0.2) is 11.6 Å². The smallest absolute Gasteiger partial charge is 0.159 e. The molecule has 0 bridgehead atoms. The van der Waals surface area contributed by atoms with E-state index in [-0.39, 0.29) is 6.04 Å². The quantitative estimate of drug-likeness (QED) is 0.917. The van der Waals surface area contributed by atoms with E-state index in [1.807, 2.05) is 0 Å². The Morgan fingerprint density at radius 3 is 2.65 bits per heavy atom. The van der Waals surface area contributed by atoms with Crippen molar-refractivity contribution in [2.75, 3.05) is 33.2 Å². The third kappa shape index (κ3) is 3.16. The van der Waals surface area contributed by atoms with Crippen LogP contribution in [0.3, 0.4) is 0 Å². The van der Waals surface area contributed by atoms with Gasteiger partial charge < -0.3 is 10.6 Å². The highest BCUT2D eigenvalue weighted by Crippen LogP contribution is 2.24. The molecule has 0 aromatic heterocycles. The molecule has 0 radical (unpaired) electrons. The van der Waals surface area contributed by atoms with Crippen LogP contribution < -0.4 is 5.73 Å². The van der Waals surface area contributed by atoms with Gasteiger partial charge in [-0.2, -0.15) is 0 Å². The zero-order valence-electron chi connectivity index (χ0n) is 12.1. The maximum absolute atomic E-state index is 13.4. The maximum Gasteiger partial charge on any atom is 0.159 e. The van der Waals surface area contributed by atoms with Crippen molar-refractivity contribution in [1.82, 2.24) is 9.80 Å². The van der Waals surface area contributed by atoms with Gasteiger partial charge in [-0.1, -0.05) is 13.0 Å². The Balaban J connectivity index is 2.17.